The summed E-state index contributed by atoms with van der Waals surface area (Å²) < 4.78 is 58.7. The Morgan fingerprint density at radius 2 is 1.66 bits per heavy atom. The quantitative estimate of drug-likeness (QED) is 0.0680. The van der Waals surface area contributed by atoms with Crippen LogP contribution in [0.25, 0.3) is 54.6 Å². The molecule has 4 saturated heterocycles. The van der Waals surface area contributed by atoms with Crippen LogP contribution < -0.4 is 19.5 Å². The van der Waals surface area contributed by atoms with Crippen molar-refractivity contribution in [2.45, 2.75) is 167 Å². The highest BCUT2D eigenvalue weighted by Crippen LogP contribution is 2.54. The summed E-state index contributed by atoms with van der Waals surface area (Å²) in [7, 11) is 0. The van der Waals surface area contributed by atoms with Gasteiger partial charge in [-0.2, -0.15) is 15.1 Å². The molecule has 5 fully saturated rings. The van der Waals surface area contributed by atoms with E-state index in [4.69, 9.17) is 43.5 Å². The Morgan fingerprint density at radius 1 is 0.882 bits per heavy atom. The molecule has 0 radical (unpaired) electrons. The average Bonchev–Trinajstić information content (AvgIpc) is 1.71. The molecule has 1 saturated carbocycles. The second-order valence-electron chi connectivity index (χ2n) is 26.5. The third-order valence-electron chi connectivity index (χ3n) is 18.2. The van der Waals surface area contributed by atoms with Crippen LogP contribution in [0.3, 0.4) is 0 Å². The fourth-order valence-electron chi connectivity index (χ4n) is 13.2. The molecule has 8 aromatic rings. The van der Waals surface area contributed by atoms with Crippen LogP contribution in [-0.2, 0) is 30.4 Å². The maximum Gasteiger partial charge on any atom is 0.410 e. The molecule has 24 heteroatoms. The first-order valence-corrected chi connectivity index (χ1v) is 33.3. The molecule has 6 atom stereocenters. The second-order valence-corrected chi connectivity index (χ2v) is 27.4. The van der Waals surface area contributed by atoms with Gasteiger partial charge in [-0.25, -0.2) is 23.5 Å². The maximum atomic E-state index is 16.9. The number of carbonyl (C=O) groups excluding carboxylic acids is 3. The van der Waals surface area contributed by atoms with E-state index in [0.717, 1.165) is 64.8 Å². The number of nitrogens with zero attached hydrogens (tertiary/aromatic N) is 10. The Bertz CT molecular complexity index is 4040. The standard InChI is InChI=1S/C69H80FN11O11S/c1-38(2)61(66(85)79-32-46(83)28-56(79)64(84)73-54(35-82)44-17-19-45(20-18-44)63-40(4)71-37-93-63)80-34-53(76-77-80)43-13-11-41(12-14-43)36-89-62-59(58-39(3)52(70)30-55-51(58)31-72-81(55)57-10-8-9-25-88-57)49(42-15-16-42)29-50-60(62)74-67(91-47-22-26-87-27-23-47)75-65(50)90-48-21-24-78(33-48)68(86)92-69(5,6)7/h11-14,17-20,29-31,34,37-38,42,46-48,54,56-57,61,82-83H,8-10,15-16,21-28,32-33,35-36H2,1-7H3,(H,73,84)/t46-,48+,54+,56+,57?,61+/m1/s1. The first-order valence-electron chi connectivity index (χ1n) is 32.5. The van der Waals surface area contributed by atoms with E-state index in [1.165, 1.54) is 20.9 Å². The summed E-state index contributed by atoms with van der Waals surface area (Å²) in [6, 6.07) is 16.3. The summed E-state index contributed by atoms with van der Waals surface area (Å²) in [4.78, 5) is 60.8. The Labute approximate surface area is 542 Å². The smallest absolute Gasteiger partial charge is 0.410 e. The lowest BCUT2D eigenvalue weighted by atomic mass is 9.88. The number of hydrogen-bond acceptors (Lipinski definition) is 18. The molecule has 3 amide bonds. The molecule has 3 N–H and O–H groups in total. The van der Waals surface area contributed by atoms with Crippen LogP contribution in [-0.4, -0.2) is 154 Å². The molecular formula is C69H80FN11O11S. The van der Waals surface area contributed by atoms with Gasteiger partial charge < -0.3 is 53.8 Å². The lowest BCUT2D eigenvalue weighted by molar-refractivity contribution is -0.142. The number of amides is 3. The van der Waals surface area contributed by atoms with Gasteiger partial charge in [-0.3, -0.25) is 9.59 Å². The summed E-state index contributed by atoms with van der Waals surface area (Å²) in [6.07, 6.45) is 7.32. The fraction of sp³-hybridized carbons (Fsp3) is 0.493. The number of fused-ring (bicyclic) bond motifs is 2. The van der Waals surface area contributed by atoms with Crippen LogP contribution in [0, 0.1) is 25.6 Å². The maximum absolute atomic E-state index is 16.9. The number of halogens is 1. The molecule has 5 aliphatic rings. The first-order chi connectivity index (χ1) is 44.9. The summed E-state index contributed by atoms with van der Waals surface area (Å²) in [5, 5.41) is 39.6. The number of rotatable bonds is 19. The first kappa shape index (κ1) is 63.6. The average molecular weight is 1290 g/mol. The van der Waals surface area contributed by atoms with Gasteiger partial charge in [-0.05, 0) is 112 Å². The Kier molecular flexibility index (Phi) is 18.2. The fourth-order valence-corrected chi connectivity index (χ4v) is 14.0. The molecule has 4 aromatic carbocycles. The molecule has 490 valence electrons. The van der Waals surface area contributed by atoms with E-state index in [9.17, 15) is 24.6 Å². The Balaban J connectivity index is 0.811. The highest BCUT2D eigenvalue weighted by Gasteiger charge is 2.44. The van der Waals surface area contributed by atoms with Crippen molar-refractivity contribution in [1.82, 2.24) is 54.8 Å². The number of β-amino-alcohol motifs (C(OH)–C–C–N with tert-alkyl or cyclic N) is 1. The number of aliphatic hydroxyl groups excluding tert-OH is 2. The zero-order chi connectivity index (χ0) is 64.8. The molecule has 4 aromatic heterocycles. The van der Waals surface area contributed by atoms with Crippen LogP contribution in [0.4, 0.5) is 9.18 Å². The van der Waals surface area contributed by atoms with Crippen molar-refractivity contribution < 1.29 is 57.4 Å². The van der Waals surface area contributed by atoms with Gasteiger partial charge in [0.1, 0.15) is 53.5 Å². The molecule has 4 aliphatic heterocycles. The zero-order valence-electron chi connectivity index (χ0n) is 53.5. The van der Waals surface area contributed by atoms with E-state index in [0.29, 0.717) is 101 Å². The molecule has 1 aliphatic carbocycles. The topological polar surface area (TPSA) is 253 Å². The van der Waals surface area contributed by atoms with Crippen molar-refractivity contribution in [3.63, 3.8) is 0 Å². The van der Waals surface area contributed by atoms with Gasteiger partial charge in [0.2, 0.25) is 17.7 Å². The van der Waals surface area contributed by atoms with Crippen molar-refractivity contribution in [3.05, 3.63) is 112 Å². The van der Waals surface area contributed by atoms with Crippen molar-refractivity contribution >= 4 is 51.1 Å². The van der Waals surface area contributed by atoms with Gasteiger partial charge in [0.05, 0.1) is 77.9 Å². The zero-order valence-corrected chi connectivity index (χ0v) is 54.4. The second kappa shape index (κ2) is 26.7. The number of carbonyl (C=O) groups is 3. The predicted molar refractivity (Wildman–Crippen MR) is 345 cm³/mol. The van der Waals surface area contributed by atoms with Crippen LogP contribution in [0.1, 0.15) is 145 Å². The number of aryl methyl sites for hydroxylation is 1. The van der Waals surface area contributed by atoms with E-state index in [1.54, 1.807) is 40.5 Å². The third kappa shape index (κ3) is 13.5. The molecule has 13 rings (SSSR count). The minimum absolute atomic E-state index is 0.0236. The van der Waals surface area contributed by atoms with Gasteiger partial charge in [-0.15, -0.1) is 16.4 Å². The number of nitrogens with one attached hydrogen (secondary N) is 1. The van der Waals surface area contributed by atoms with E-state index in [1.807, 2.05) is 90.1 Å². The molecule has 22 nitrogen and oxygen atoms in total. The minimum Gasteiger partial charge on any atom is -0.486 e. The van der Waals surface area contributed by atoms with E-state index in [2.05, 4.69) is 26.7 Å². The minimum atomic E-state index is -1.00. The van der Waals surface area contributed by atoms with Gasteiger partial charge in [0.15, 0.2) is 12.0 Å². The van der Waals surface area contributed by atoms with Crippen molar-refractivity contribution in [2.24, 2.45) is 5.92 Å². The lowest BCUT2D eigenvalue weighted by Crippen LogP contribution is -2.50. The van der Waals surface area contributed by atoms with Gasteiger partial charge in [0, 0.05) is 73.5 Å². The summed E-state index contributed by atoms with van der Waals surface area (Å²) in [5.41, 5.74) is 9.34. The summed E-state index contributed by atoms with van der Waals surface area (Å²) in [6.45, 7) is 15.0. The number of ether oxygens (including phenoxy) is 6. The van der Waals surface area contributed by atoms with Crippen LogP contribution in [0.5, 0.6) is 17.6 Å². The predicted octanol–water partition coefficient (Wildman–Crippen LogP) is 10.9. The van der Waals surface area contributed by atoms with Crippen molar-refractivity contribution in [3.8, 4) is 50.5 Å². The number of benzene rings is 4. The molecular weight excluding hydrogens is 1210 g/mol. The van der Waals surface area contributed by atoms with E-state index >= 15 is 4.39 Å². The molecule has 93 heavy (non-hydrogen) atoms. The molecule has 0 spiro atoms. The van der Waals surface area contributed by atoms with Crippen molar-refractivity contribution in [1.29, 1.82) is 0 Å². The largest absolute Gasteiger partial charge is 0.486 e. The molecule has 8 heterocycles. The Morgan fingerprint density at radius 3 is 2.35 bits per heavy atom. The van der Waals surface area contributed by atoms with Gasteiger partial charge in [-0.1, -0.05) is 67.6 Å². The number of hydrogen-bond donors (Lipinski definition) is 3. The third-order valence-corrected chi connectivity index (χ3v) is 19.2. The highest BCUT2D eigenvalue weighted by atomic mass is 32.1. The summed E-state index contributed by atoms with van der Waals surface area (Å²) in [5.74, 6) is -0.848. The monoisotopic (exact) mass is 1290 g/mol. The van der Waals surface area contributed by atoms with Crippen LogP contribution in [0.15, 0.2) is 78.6 Å². The van der Waals surface area contributed by atoms with Crippen LogP contribution >= 0.6 is 11.3 Å². The number of aromatic nitrogens is 8. The molecule has 0 bridgehead atoms. The van der Waals surface area contributed by atoms with Gasteiger partial charge in [0.25, 0.3) is 0 Å². The lowest BCUT2D eigenvalue weighted by Gasteiger charge is -2.30. The number of thiazole rings is 1. The number of likely N-dealkylation sites (tertiary alicyclic amines) is 2. The van der Waals surface area contributed by atoms with Gasteiger partial charge >= 0.3 is 12.1 Å². The SMILES string of the molecule is Cc1ncsc1-c1ccc([C@H](CO)NC(=O)[C@@H]2C[C@@H](O)CN2C(=O)[C@H](C(C)C)n2cc(-c3ccc(COc4c(-c5c(C)c(F)cc6c5cnn6C5CCCCO5)c(C5CC5)cc5c(O[C@H]6CCN(C(=O)OC(C)(C)C)C6)nc(OC6CCOCC6)nc45)cc3)nn2)cc1. The van der Waals surface area contributed by atoms with Crippen LogP contribution in [0.2, 0.25) is 0 Å². The van der Waals surface area contributed by atoms with E-state index < -0.39 is 59.7 Å². The molecule has 1 unspecified atom stereocenters. The van der Waals surface area contributed by atoms with E-state index in [-0.39, 0.29) is 68.8 Å². The Hall–Kier alpha value is -8.16. The van der Waals surface area contributed by atoms with Crippen molar-refractivity contribution in [2.75, 3.05) is 46.1 Å². The normalized spacial score (nSPS) is 20.4. The highest BCUT2D eigenvalue weighted by molar-refractivity contribution is 7.13. The summed E-state index contributed by atoms with van der Waals surface area (Å²) >= 11 is 1.53. The number of aliphatic hydroxyl groups is 2.